The zero-order valence-electron chi connectivity index (χ0n) is 8.60. The summed E-state index contributed by atoms with van der Waals surface area (Å²) in [6.07, 6.45) is 1.68. The van der Waals surface area contributed by atoms with Gasteiger partial charge in [0.2, 0.25) is 5.91 Å². The summed E-state index contributed by atoms with van der Waals surface area (Å²) in [4.78, 5) is 31.1. The Hall–Kier alpha value is -1.89. The first-order chi connectivity index (χ1) is 7.52. The Kier molecular flexibility index (Phi) is 7.43. The van der Waals surface area contributed by atoms with Crippen molar-refractivity contribution in [3.05, 3.63) is 12.2 Å². The Bertz CT molecular complexity index is 288. The Morgan fingerprint density at radius 2 is 1.69 bits per heavy atom. The lowest BCUT2D eigenvalue weighted by molar-refractivity contribution is -0.137. The van der Waals surface area contributed by atoms with E-state index >= 15 is 0 Å². The monoisotopic (exact) mass is 230 g/mol. The van der Waals surface area contributed by atoms with E-state index in [1.165, 1.54) is 0 Å². The van der Waals surface area contributed by atoms with E-state index in [4.69, 9.17) is 10.2 Å². The molecule has 0 aromatic carbocycles. The molecule has 0 fully saturated rings. The van der Waals surface area contributed by atoms with Crippen molar-refractivity contribution in [3.8, 4) is 0 Å². The van der Waals surface area contributed by atoms with Crippen molar-refractivity contribution in [2.45, 2.75) is 6.42 Å². The molecule has 0 bridgehead atoms. The molecule has 0 saturated heterocycles. The fourth-order valence-electron chi connectivity index (χ4n) is 0.800. The Morgan fingerprint density at radius 1 is 1.00 bits per heavy atom. The van der Waals surface area contributed by atoms with Gasteiger partial charge in [-0.05, 0) is 0 Å². The van der Waals surface area contributed by atoms with Gasteiger partial charge in [-0.25, -0.2) is 4.79 Å². The third kappa shape index (κ3) is 10.2. The van der Waals surface area contributed by atoms with Crippen LogP contribution in [0.3, 0.4) is 0 Å². The van der Waals surface area contributed by atoms with Crippen LogP contribution in [0.4, 0.5) is 0 Å². The summed E-state index contributed by atoms with van der Waals surface area (Å²) in [5.41, 5.74) is 0. The maximum atomic E-state index is 10.9. The summed E-state index contributed by atoms with van der Waals surface area (Å²) in [7, 11) is 0. The van der Waals surface area contributed by atoms with Gasteiger partial charge in [-0.3, -0.25) is 9.59 Å². The van der Waals surface area contributed by atoms with Crippen LogP contribution in [-0.2, 0) is 14.4 Å². The summed E-state index contributed by atoms with van der Waals surface area (Å²) in [5, 5.41) is 21.8. The van der Waals surface area contributed by atoms with E-state index in [9.17, 15) is 14.4 Å². The number of nitrogens with one attached hydrogen (secondary N) is 2. The van der Waals surface area contributed by atoms with Gasteiger partial charge in [0.25, 0.3) is 0 Å². The van der Waals surface area contributed by atoms with E-state index < -0.39 is 17.8 Å². The van der Waals surface area contributed by atoms with Crippen molar-refractivity contribution < 1.29 is 24.6 Å². The second-order valence-corrected chi connectivity index (χ2v) is 2.86. The van der Waals surface area contributed by atoms with E-state index in [1.807, 2.05) is 0 Å². The van der Waals surface area contributed by atoms with Crippen molar-refractivity contribution in [1.29, 1.82) is 0 Å². The highest BCUT2D eigenvalue weighted by Gasteiger charge is 1.97. The Morgan fingerprint density at radius 3 is 2.25 bits per heavy atom. The molecule has 4 N–H and O–H groups in total. The molecule has 0 aromatic heterocycles. The molecule has 0 aliphatic rings. The van der Waals surface area contributed by atoms with Crippen LogP contribution in [0.25, 0.3) is 0 Å². The minimum atomic E-state index is -1.19. The van der Waals surface area contributed by atoms with Gasteiger partial charge in [-0.15, -0.1) is 0 Å². The van der Waals surface area contributed by atoms with E-state index in [-0.39, 0.29) is 6.42 Å². The third-order valence-electron chi connectivity index (χ3n) is 1.49. The SMILES string of the molecule is O=C(O)/C=C\C(=O)NCCNCCC(=O)O. The van der Waals surface area contributed by atoms with Crippen LogP contribution >= 0.6 is 0 Å². The summed E-state index contributed by atoms with van der Waals surface area (Å²) in [5.74, 6) is -2.57. The zero-order valence-corrected chi connectivity index (χ0v) is 8.60. The Labute approximate surface area is 92.1 Å². The molecule has 0 heterocycles. The topological polar surface area (TPSA) is 116 Å². The fraction of sp³-hybridized carbons (Fsp3) is 0.444. The van der Waals surface area contributed by atoms with Crippen molar-refractivity contribution >= 4 is 17.8 Å². The summed E-state index contributed by atoms with van der Waals surface area (Å²) < 4.78 is 0. The number of hydrogen-bond donors (Lipinski definition) is 4. The number of carboxylic acid groups (broad SMARTS) is 2. The number of aliphatic carboxylic acids is 2. The van der Waals surface area contributed by atoms with Gasteiger partial charge in [-0.2, -0.15) is 0 Å². The molecule has 0 aromatic rings. The highest BCUT2D eigenvalue weighted by atomic mass is 16.4. The highest BCUT2D eigenvalue weighted by Crippen LogP contribution is 1.75. The van der Waals surface area contributed by atoms with Gasteiger partial charge in [-0.1, -0.05) is 0 Å². The normalized spacial score (nSPS) is 10.2. The van der Waals surface area contributed by atoms with Crippen LogP contribution in [0.2, 0.25) is 0 Å². The molecule has 0 spiro atoms. The number of carbonyl (C=O) groups excluding carboxylic acids is 1. The zero-order chi connectivity index (χ0) is 12.4. The summed E-state index contributed by atoms with van der Waals surface area (Å²) in [6, 6.07) is 0. The molecule has 0 unspecified atom stereocenters. The first-order valence-corrected chi connectivity index (χ1v) is 4.63. The average molecular weight is 230 g/mol. The van der Waals surface area contributed by atoms with Crippen molar-refractivity contribution in [2.75, 3.05) is 19.6 Å². The number of rotatable bonds is 8. The van der Waals surface area contributed by atoms with Crippen LogP contribution in [0.1, 0.15) is 6.42 Å². The lowest BCUT2D eigenvalue weighted by Gasteiger charge is -2.03. The molecule has 0 rings (SSSR count). The predicted octanol–water partition coefficient (Wildman–Crippen LogP) is -1.19. The Balaban J connectivity index is 3.41. The quantitative estimate of drug-likeness (QED) is 0.308. The minimum absolute atomic E-state index is 0.0207. The molecular formula is C9H14N2O5. The average Bonchev–Trinajstić information content (AvgIpc) is 2.19. The first-order valence-electron chi connectivity index (χ1n) is 4.63. The van der Waals surface area contributed by atoms with Gasteiger partial charge in [0.15, 0.2) is 0 Å². The second-order valence-electron chi connectivity index (χ2n) is 2.86. The van der Waals surface area contributed by atoms with Crippen molar-refractivity contribution in [1.82, 2.24) is 10.6 Å². The lowest BCUT2D eigenvalue weighted by atomic mass is 10.4. The van der Waals surface area contributed by atoms with E-state index in [1.54, 1.807) is 0 Å². The lowest BCUT2D eigenvalue weighted by Crippen LogP contribution is -2.31. The van der Waals surface area contributed by atoms with Crippen LogP contribution in [0.5, 0.6) is 0 Å². The fourth-order valence-corrected chi connectivity index (χ4v) is 0.800. The number of hydrogen-bond acceptors (Lipinski definition) is 4. The van der Waals surface area contributed by atoms with E-state index in [0.717, 1.165) is 12.2 Å². The number of carboxylic acids is 2. The van der Waals surface area contributed by atoms with E-state index in [0.29, 0.717) is 19.6 Å². The number of amides is 1. The van der Waals surface area contributed by atoms with Crippen LogP contribution in [-0.4, -0.2) is 47.7 Å². The second kappa shape index (κ2) is 8.42. The van der Waals surface area contributed by atoms with Crippen molar-refractivity contribution in [3.63, 3.8) is 0 Å². The largest absolute Gasteiger partial charge is 0.481 e. The molecule has 0 atom stereocenters. The molecule has 0 saturated carbocycles. The maximum absolute atomic E-state index is 10.9. The number of carbonyl (C=O) groups is 3. The molecule has 0 aliphatic heterocycles. The molecular weight excluding hydrogens is 216 g/mol. The van der Waals surface area contributed by atoms with Crippen molar-refractivity contribution in [2.24, 2.45) is 0 Å². The molecule has 7 nitrogen and oxygen atoms in total. The van der Waals surface area contributed by atoms with Crippen LogP contribution < -0.4 is 10.6 Å². The summed E-state index contributed by atoms with van der Waals surface area (Å²) >= 11 is 0. The molecule has 16 heavy (non-hydrogen) atoms. The molecule has 0 aliphatic carbocycles. The maximum Gasteiger partial charge on any atom is 0.328 e. The smallest absolute Gasteiger partial charge is 0.328 e. The summed E-state index contributed by atoms with van der Waals surface area (Å²) in [6.45, 7) is 1.07. The van der Waals surface area contributed by atoms with Gasteiger partial charge >= 0.3 is 11.9 Å². The molecule has 0 radical (unpaired) electrons. The van der Waals surface area contributed by atoms with Crippen LogP contribution in [0.15, 0.2) is 12.2 Å². The standard InChI is InChI=1S/C9H14N2O5/c12-7(1-2-8(13)14)11-6-5-10-4-3-9(15)16/h1-2,10H,3-6H2,(H,11,12)(H,13,14)(H,15,16)/b2-1-. The van der Waals surface area contributed by atoms with Crippen LogP contribution in [0, 0.1) is 0 Å². The minimum Gasteiger partial charge on any atom is -0.481 e. The highest BCUT2D eigenvalue weighted by molar-refractivity contribution is 5.93. The van der Waals surface area contributed by atoms with Gasteiger partial charge < -0.3 is 20.8 Å². The predicted molar refractivity (Wildman–Crippen MR) is 54.9 cm³/mol. The van der Waals surface area contributed by atoms with Gasteiger partial charge in [0.1, 0.15) is 0 Å². The van der Waals surface area contributed by atoms with Gasteiger partial charge in [0.05, 0.1) is 6.42 Å². The molecule has 7 heteroatoms. The van der Waals surface area contributed by atoms with Gasteiger partial charge in [0, 0.05) is 31.8 Å². The first kappa shape index (κ1) is 14.1. The molecule has 90 valence electrons. The van der Waals surface area contributed by atoms with E-state index in [2.05, 4.69) is 10.6 Å². The third-order valence-corrected chi connectivity index (χ3v) is 1.49. The molecule has 1 amide bonds.